The number of methoxy groups -OCH3 is 1. The third kappa shape index (κ3) is 3.97. The van der Waals surface area contributed by atoms with Crippen LogP contribution in [0.4, 0.5) is 8.78 Å². The zero-order chi connectivity index (χ0) is 16.2. The van der Waals surface area contributed by atoms with Crippen LogP contribution in [0, 0.1) is 0 Å². The summed E-state index contributed by atoms with van der Waals surface area (Å²) in [5, 5.41) is 5.33. The minimum Gasteiger partial charge on any atom is -0.496 e. The molecule has 0 amide bonds. The zero-order valence-corrected chi connectivity index (χ0v) is 14.5. The average Bonchev–Trinajstić information content (AvgIpc) is 2.59. The van der Waals surface area contributed by atoms with Crippen molar-refractivity contribution < 1.29 is 13.5 Å². The van der Waals surface area contributed by atoms with Crippen molar-refractivity contribution >= 4 is 23.2 Å². The average molecular weight is 357 g/mol. The van der Waals surface area contributed by atoms with E-state index >= 15 is 0 Å². The summed E-state index contributed by atoms with van der Waals surface area (Å²) in [6, 6.07) is 11.4. The lowest BCUT2D eigenvalue weighted by molar-refractivity contribution is 0.0735. The second-order valence-corrected chi connectivity index (χ2v) is 5.83. The Morgan fingerprint density at radius 2 is 1.83 bits per heavy atom. The summed E-state index contributed by atoms with van der Waals surface area (Å²) in [5.74, 6) is 0.688. The third-order valence-electron chi connectivity index (χ3n) is 4.48. The number of halogens is 3. The molecular formula is C18H23ClF2N2O. The molecule has 1 aliphatic rings. The molecule has 1 N–H and O–H groups in total. The van der Waals surface area contributed by atoms with Gasteiger partial charge in [0.05, 0.1) is 7.11 Å². The SMILES string of the molecule is COc1ccc2ccccc2c1[C@H](CC(F)F)N1CCNCC1.Cl. The quantitative estimate of drug-likeness (QED) is 0.880. The number of rotatable bonds is 5. The summed E-state index contributed by atoms with van der Waals surface area (Å²) in [5.41, 5.74) is 0.882. The maximum absolute atomic E-state index is 13.3. The van der Waals surface area contributed by atoms with Gasteiger partial charge in [-0.05, 0) is 16.8 Å². The molecule has 0 bridgehead atoms. The van der Waals surface area contributed by atoms with Crippen molar-refractivity contribution in [1.29, 1.82) is 0 Å². The number of piperazine rings is 1. The number of hydrogen-bond donors (Lipinski definition) is 1. The van der Waals surface area contributed by atoms with Gasteiger partial charge < -0.3 is 10.1 Å². The van der Waals surface area contributed by atoms with Crippen LogP contribution in [0.15, 0.2) is 36.4 Å². The number of alkyl halides is 2. The maximum atomic E-state index is 13.3. The first-order valence-corrected chi connectivity index (χ1v) is 7.99. The molecule has 3 nitrogen and oxygen atoms in total. The zero-order valence-electron chi connectivity index (χ0n) is 13.7. The van der Waals surface area contributed by atoms with E-state index in [2.05, 4.69) is 10.2 Å². The fourth-order valence-electron chi connectivity index (χ4n) is 3.41. The molecule has 1 atom stereocenters. The largest absolute Gasteiger partial charge is 0.496 e. The standard InChI is InChI=1S/C18H22F2N2O.ClH/c1-23-16-7-6-13-4-2-3-5-14(13)18(16)15(12-17(19)20)22-10-8-21-9-11-22;/h2-7,15,17,21H,8-12H2,1H3;1H/t15-;/m0./s1. The third-order valence-corrected chi connectivity index (χ3v) is 4.48. The van der Waals surface area contributed by atoms with E-state index in [0.29, 0.717) is 5.75 Å². The Labute approximate surface area is 147 Å². The molecule has 2 aromatic carbocycles. The predicted octanol–water partition coefficient (Wildman–Crippen LogP) is 3.87. The normalized spacial score (nSPS) is 16.8. The van der Waals surface area contributed by atoms with Crippen molar-refractivity contribution in [2.75, 3.05) is 33.3 Å². The second kappa shape index (κ2) is 8.60. The predicted molar refractivity (Wildman–Crippen MR) is 95.6 cm³/mol. The Hall–Kier alpha value is -1.43. The molecule has 6 heteroatoms. The molecule has 1 aliphatic heterocycles. The lowest BCUT2D eigenvalue weighted by atomic mass is 9.94. The van der Waals surface area contributed by atoms with Crippen LogP contribution in [0.2, 0.25) is 0 Å². The van der Waals surface area contributed by atoms with Crippen molar-refractivity contribution in [3.8, 4) is 5.75 Å². The van der Waals surface area contributed by atoms with Gasteiger partial charge in [0.15, 0.2) is 0 Å². The van der Waals surface area contributed by atoms with E-state index in [0.717, 1.165) is 42.5 Å². The molecule has 1 saturated heterocycles. The molecule has 0 spiro atoms. The highest BCUT2D eigenvalue weighted by atomic mass is 35.5. The van der Waals surface area contributed by atoms with E-state index in [-0.39, 0.29) is 24.9 Å². The molecule has 0 aliphatic carbocycles. The lowest BCUT2D eigenvalue weighted by Crippen LogP contribution is -2.45. The Bertz CT molecular complexity index is 663. The van der Waals surface area contributed by atoms with Crippen LogP contribution in [0.5, 0.6) is 5.75 Å². The van der Waals surface area contributed by atoms with Gasteiger partial charge in [-0.3, -0.25) is 4.90 Å². The van der Waals surface area contributed by atoms with Gasteiger partial charge in [-0.1, -0.05) is 30.3 Å². The molecule has 24 heavy (non-hydrogen) atoms. The highest BCUT2D eigenvalue weighted by Crippen LogP contribution is 2.39. The maximum Gasteiger partial charge on any atom is 0.240 e. The molecule has 1 heterocycles. The Morgan fingerprint density at radius 3 is 2.50 bits per heavy atom. The van der Waals surface area contributed by atoms with Crippen LogP contribution in [0.3, 0.4) is 0 Å². The van der Waals surface area contributed by atoms with Gasteiger partial charge in [0.25, 0.3) is 0 Å². The van der Waals surface area contributed by atoms with Crippen LogP contribution in [-0.4, -0.2) is 44.6 Å². The van der Waals surface area contributed by atoms with E-state index in [1.807, 2.05) is 36.4 Å². The van der Waals surface area contributed by atoms with Gasteiger partial charge in [-0.25, -0.2) is 8.78 Å². The molecule has 0 radical (unpaired) electrons. The summed E-state index contributed by atoms with van der Waals surface area (Å²) in [4.78, 5) is 2.15. The Morgan fingerprint density at radius 1 is 1.12 bits per heavy atom. The first-order chi connectivity index (χ1) is 11.2. The summed E-state index contributed by atoms with van der Waals surface area (Å²) in [7, 11) is 1.60. The highest BCUT2D eigenvalue weighted by Gasteiger charge is 2.29. The van der Waals surface area contributed by atoms with Crippen LogP contribution in [0.25, 0.3) is 10.8 Å². The van der Waals surface area contributed by atoms with Crippen LogP contribution >= 0.6 is 12.4 Å². The van der Waals surface area contributed by atoms with Gasteiger partial charge in [-0.2, -0.15) is 0 Å². The molecular weight excluding hydrogens is 334 g/mol. The van der Waals surface area contributed by atoms with E-state index in [1.165, 1.54) is 0 Å². The lowest BCUT2D eigenvalue weighted by Gasteiger charge is -2.36. The van der Waals surface area contributed by atoms with Gasteiger partial charge in [-0.15, -0.1) is 12.4 Å². The minimum absolute atomic E-state index is 0. The van der Waals surface area contributed by atoms with Crippen molar-refractivity contribution in [3.05, 3.63) is 42.0 Å². The Balaban J connectivity index is 0.00000208. The number of benzene rings is 2. The molecule has 3 rings (SSSR count). The number of nitrogens with one attached hydrogen (secondary N) is 1. The molecule has 0 unspecified atom stereocenters. The van der Waals surface area contributed by atoms with E-state index < -0.39 is 6.43 Å². The van der Waals surface area contributed by atoms with Gasteiger partial charge in [0, 0.05) is 44.2 Å². The number of fused-ring (bicyclic) bond motifs is 1. The van der Waals surface area contributed by atoms with Crippen LogP contribution in [0.1, 0.15) is 18.0 Å². The van der Waals surface area contributed by atoms with Crippen molar-refractivity contribution in [1.82, 2.24) is 10.2 Å². The highest BCUT2D eigenvalue weighted by molar-refractivity contribution is 5.88. The molecule has 0 saturated carbocycles. The van der Waals surface area contributed by atoms with Crippen LogP contribution in [-0.2, 0) is 0 Å². The first kappa shape index (κ1) is 18.9. The fourth-order valence-corrected chi connectivity index (χ4v) is 3.41. The van der Waals surface area contributed by atoms with Gasteiger partial charge in [0.1, 0.15) is 5.75 Å². The molecule has 0 aromatic heterocycles. The summed E-state index contributed by atoms with van der Waals surface area (Å²) >= 11 is 0. The fraction of sp³-hybridized carbons (Fsp3) is 0.444. The smallest absolute Gasteiger partial charge is 0.240 e. The Kier molecular flexibility index (Phi) is 6.78. The number of ether oxygens (including phenoxy) is 1. The molecule has 2 aromatic rings. The summed E-state index contributed by atoms with van der Waals surface area (Å²) in [6.45, 7) is 3.19. The summed E-state index contributed by atoms with van der Waals surface area (Å²) < 4.78 is 32.1. The van der Waals surface area contributed by atoms with Crippen molar-refractivity contribution in [2.45, 2.75) is 18.9 Å². The summed E-state index contributed by atoms with van der Waals surface area (Å²) in [6.07, 6.45) is -2.52. The number of nitrogens with zero attached hydrogens (tertiary/aromatic N) is 1. The van der Waals surface area contributed by atoms with Crippen molar-refractivity contribution in [3.63, 3.8) is 0 Å². The topological polar surface area (TPSA) is 24.5 Å². The van der Waals surface area contributed by atoms with Gasteiger partial charge in [0.2, 0.25) is 6.43 Å². The van der Waals surface area contributed by atoms with Crippen LogP contribution < -0.4 is 10.1 Å². The monoisotopic (exact) mass is 356 g/mol. The molecule has 132 valence electrons. The van der Waals surface area contributed by atoms with Crippen molar-refractivity contribution in [2.24, 2.45) is 0 Å². The second-order valence-electron chi connectivity index (χ2n) is 5.83. The van der Waals surface area contributed by atoms with Gasteiger partial charge >= 0.3 is 0 Å². The van der Waals surface area contributed by atoms with E-state index in [4.69, 9.17) is 4.74 Å². The molecule has 1 fully saturated rings. The van der Waals surface area contributed by atoms with E-state index in [9.17, 15) is 8.78 Å². The first-order valence-electron chi connectivity index (χ1n) is 7.99. The van der Waals surface area contributed by atoms with E-state index in [1.54, 1.807) is 7.11 Å². The number of hydrogen-bond acceptors (Lipinski definition) is 3. The minimum atomic E-state index is -2.35.